The van der Waals surface area contributed by atoms with E-state index >= 15 is 0 Å². The number of rotatable bonds is 12. The van der Waals surface area contributed by atoms with Gasteiger partial charge in [0.25, 0.3) is 0 Å². The number of carbonyl (C=O) groups excluding carboxylic acids is 2. The lowest BCUT2D eigenvalue weighted by Crippen LogP contribution is -2.55. The fourth-order valence-corrected chi connectivity index (χ4v) is 6.68. The standard InChI is InChI=1S/C34H44N4O4S/c1-26-20-21-27(2)31(22-26)38(43(41,42)36(3)4)25-33(39)37(24-29-16-10-6-11-17-29)32(23-28-14-8-5-9-15-28)34(40)35-30-18-12-7-13-19-30/h5-6,8-11,14-17,20-22,30,32H,7,12-13,18-19,23-25H2,1-4H3,(H,35,40)/t32-/m0/s1. The highest BCUT2D eigenvalue weighted by Gasteiger charge is 2.36. The van der Waals surface area contributed by atoms with Gasteiger partial charge in [-0.05, 0) is 55.0 Å². The zero-order chi connectivity index (χ0) is 31.0. The van der Waals surface area contributed by atoms with Gasteiger partial charge < -0.3 is 10.2 Å². The highest BCUT2D eigenvalue weighted by Crippen LogP contribution is 2.26. The highest BCUT2D eigenvalue weighted by molar-refractivity contribution is 7.90. The van der Waals surface area contributed by atoms with E-state index in [0.29, 0.717) is 12.1 Å². The van der Waals surface area contributed by atoms with Gasteiger partial charge in [0.2, 0.25) is 11.8 Å². The number of anilines is 1. The number of hydrogen-bond donors (Lipinski definition) is 1. The van der Waals surface area contributed by atoms with Crippen LogP contribution in [0.15, 0.2) is 78.9 Å². The molecule has 0 bridgehead atoms. The Bertz CT molecular complexity index is 1470. The fraction of sp³-hybridized carbons (Fsp3) is 0.412. The van der Waals surface area contributed by atoms with Crippen molar-refractivity contribution >= 4 is 27.7 Å². The summed E-state index contributed by atoms with van der Waals surface area (Å²) in [6.07, 6.45) is 5.42. The first-order valence-corrected chi connectivity index (χ1v) is 16.4. The van der Waals surface area contributed by atoms with Crippen LogP contribution in [0.4, 0.5) is 5.69 Å². The maximum atomic E-state index is 14.4. The molecule has 8 nitrogen and oxygen atoms in total. The molecule has 0 saturated heterocycles. The van der Waals surface area contributed by atoms with Gasteiger partial charge in [0.15, 0.2) is 0 Å². The third-order valence-corrected chi connectivity index (χ3v) is 9.88. The second kappa shape index (κ2) is 14.7. The van der Waals surface area contributed by atoms with Crippen LogP contribution in [0.3, 0.4) is 0 Å². The quantitative estimate of drug-likeness (QED) is 0.315. The Kier molecular flexibility index (Phi) is 11.0. The molecule has 1 saturated carbocycles. The van der Waals surface area contributed by atoms with E-state index in [-0.39, 0.29) is 18.5 Å². The molecule has 0 spiro atoms. The van der Waals surface area contributed by atoms with Crippen LogP contribution in [0, 0.1) is 13.8 Å². The van der Waals surface area contributed by atoms with Crippen LogP contribution in [0.5, 0.6) is 0 Å². The van der Waals surface area contributed by atoms with Crippen LogP contribution in [0.25, 0.3) is 0 Å². The molecule has 0 aromatic heterocycles. The minimum atomic E-state index is -4.04. The minimum Gasteiger partial charge on any atom is -0.352 e. The molecule has 9 heteroatoms. The topological polar surface area (TPSA) is 90.0 Å². The minimum absolute atomic E-state index is 0.0637. The predicted molar refractivity (Wildman–Crippen MR) is 172 cm³/mol. The SMILES string of the molecule is Cc1ccc(C)c(N(CC(=O)N(Cc2ccccc2)[C@@H](Cc2ccccc2)C(=O)NC2CCCCC2)S(=O)(=O)N(C)C)c1. The maximum Gasteiger partial charge on any atom is 0.304 e. The molecular weight excluding hydrogens is 560 g/mol. The summed E-state index contributed by atoms with van der Waals surface area (Å²) >= 11 is 0. The Hall–Kier alpha value is -3.69. The van der Waals surface area contributed by atoms with E-state index in [2.05, 4.69) is 5.32 Å². The number of nitrogens with zero attached hydrogens (tertiary/aromatic N) is 3. The number of amides is 2. The van der Waals surface area contributed by atoms with Crippen molar-refractivity contribution in [2.45, 2.75) is 71.0 Å². The number of nitrogens with one attached hydrogen (secondary N) is 1. The second-order valence-corrected chi connectivity index (χ2v) is 13.7. The molecule has 1 N–H and O–H groups in total. The van der Waals surface area contributed by atoms with E-state index in [1.54, 1.807) is 11.0 Å². The molecule has 4 rings (SSSR count). The molecule has 0 radical (unpaired) electrons. The van der Waals surface area contributed by atoms with E-state index < -0.39 is 28.7 Å². The number of aryl methyl sites for hydroxylation is 2. The van der Waals surface area contributed by atoms with Crippen molar-refractivity contribution in [2.24, 2.45) is 0 Å². The summed E-state index contributed by atoms with van der Waals surface area (Å²) in [4.78, 5) is 30.1. The van der Waals surface area contributed by atoms with Gasteiger partial charge >= 0.3 is 10.2 Å². The second-order valence-electron chi connectivity index (χ2n) is 11.6. The van der Waals surface area contributed by atoms with E-state index in [4.69, 9.17) is 0 Å². The zero-order valence-corrected chi connectivity index (χ0v) is 26.5. The first kappa shape index (κ1) is 32.2. The van der Waals surface area contributed by atoms with Crippen molar-refractivity contribution in [3.05, 3.63) is 101 Å². The first-order chi connectivity index (χ1) is 20.6. The molecule has 230 valence electrons. The molecule has 0 heterocycles. The average Bonchev–Trinajstić information content (AvgIpc) is 3.00. The Morgan fingerprint density at radius 2 is 1.47 bits per heavy atom. The fourth-order valence-electron chi connectivity index (χ4n) is 5.57. The van der Waals surface area contributed by atoms with Crippen LogP contribution in [0.1, 0.15) is 54.4 Å². The molecule has 1 aliphatic rings. The summed E-state index contributed by atoms with van der Waals surface area (Å²) in [5.41, 5.74) is 3.82. The largest absolute Gasteiger partial charge is 0.352 e. The lowest BCUT2D eigenvalue weighted by molar-refractivity contribution is -0.140. The lowest BCUT2D eigenvalue weighted by atomic mass is 9.94. The zero-order valence-electron chi connectivity index (χ0n) is 25.7. The van der Waals surface area contributed by atoms with Crippen molar-refractivity contribution in [3.63, 3.8) is 0 Å². The lowest BCUT2D eigenvalue weighted by Gasteiger charge is -2.35. The summed E-state index contributed by atoms with van der Waals surface area (Å²) in [6, 6.07) is 23.9. The van der Waals surface area contributed by atoms with Gasteiger partial charge in [-0.3, -0.25) is 9.59 Å². The number of benzene rings is 3. The van der Waals surface area contributed by atoms with E-state index in [1.165, 1.54) is 14.1 Å². The van der Waals surface area contributed by atoms with E-state index in [1.807, 2.05) is 86.6 Å². The van der Waals surface area contributed by atoms with Crippen LogP contribution in [-0.2, 0) is 32.8 Å². The Morgan fingerprint density at radius 3 is 2.07 bits per heavy atom. The van der Waals surface area contributed by atoms with Gasteiger partial charge in [0.05, 0.1) is 5.69 Å². The Labute approximate surface area is 256 Å². The highest BCUT2D eigenvalue weighted by atomic mass is 32.2. The third-order valence-electron chi connectivity index (χ3n) is 8.07. The summed E-state index contributed by atoms with van der Waals surface area (Å²) in [6.45, 7) is 3.44. The van der Waals surface area contributed by atoms with Gasteiger partial charge in [-0.2, -0.15) is 12.7 Å². The molecular formula is C34H44N4O4S. The van der Waals surface area contributed by atoms with E-state index in [0.717, 1.165) is 63.0 Å². The molecule has 3 aromatic rings. The third kappa shape index (κ3) is 8.45. The summed E-state index contributed by atoms with van der Waals surface area (Å²) in [7, 11) is -1.13. The Morgan fingerprint density at radius 1 is 0.860 bits per heavy atom. The van der Waals surface area contributed by atoms with Gasteiger partial charge in [0, 0.05) is 33.1 Å². The molecule has 1 fully saturated rings. The number of hydrogen-bond acceptors (Lipinski definition) is 4. The Balaban J connectivity index is 1.76. The van der Waals surface area contributed by atoms with Crippen molar-refractivity contribution in [3.8, 4) is 0 Å². The van der Waals surface area contributed by atoms with Crippen molar-refractivity contribution in [1.29, 1.82) is 0 Å². The van der Waals surface area contributed by atoms with Crippen LogP contribution < -0.4 is 9.62 Å². The molecule has 1 atom stereocenters. The molecule has 0 aliphatic heterocycles. The summed E-state index contributed by atoms with van der Waals surface area (Å²) < 4.78 is 29.6. The van der Waals surface area contributed by atoms with Gasteiger partial charge in [-0.15, -0.1) is 0 Å². The van der Waals surface area contributed by atoms with Crippen LogP contribution in [0.2, 0.25) is 0 Å². The monoisotopic (exact) mass is 604 g/mol. The molecule has 3 aromatic carbocycles. The van der Waals surface area contributed by atoms with Gasteiger partial charge in [-0.1, -0.05) is 92.1 Å². The van der Waals surface area contributed by atoms with Crippen LogP contribution >= 0.6 is 0 Å². The van der Waals surface area contributed by atoms with Gasteiger partial charge in [0.1, 0.15) is 12.6 Å². The van der Waals surface area contributed by atoms with Crippen molar-refractivity contribution < 1.29 is 18.0 Å². The van der Waals surface area contributed by atoms with Crippen molar-refractivity contribution in [1.82, 2.24) is 14.5 Å². The van der Waals surface area contributed by atoms with Gasteiger partial charge in [-0.25, -0.2) is 4.31 Å². The number of carbonyl (C=O) groups is 2. The molecule has 0 unspecified atom stereocenters. The van der Waals surface area contributed by atoms with Crippen LogP contribution in [-0.4, -0.2) is 62.2 Å². The molecule has 2 amide bonds. The first-order valence-electron chi connectivity index (χ1n) is 15.0. The smallest absolute Gasteiger partial charge is 0.304 e. The maximum absolute atomic E-state index is 14.4. The summed E-state index contributed by atoms with van der Waals surface area (Å²) in [5.74, 6) is -0.663. The normalized spacial score (nSPS) is 14.7. The molecule has 1 aliphatic carbocycles. The van der Waals surface area contributed by atoms with E-state index in [9.17, 15) is 18.0 Å². The average molecular weight is 605 g/mol. The molecule has 43 heavy (non-hydrogen) atoms. The van der Waals surface area contributed by atoms with Crippen molar-refractivity contribution in [2.75, 3.05) is 24.9 Å². The predicted octanol–water partition coefficient (Wildman–Crippen LogP) is 5.01. The summed E-state index contributed by atoms with van der Waals surface area (Å²) in [5, 5.41) is 3.24.